The van der Waals surface area contributed by atoms with Crippen LogP contribution in [0, 0.1) is 11.3 Å². The molecule has 11 heteroatoms. The second-order valence-electron chi connectivity index (χ2n) is 8.82. The molecule has 3 fully saturated rings. The van der Waals surface area contributed by atoms with Crippen molar-refractivity contribution in [2.75, 3.05) is 19.6 Å². The van der Waals surface area contributed by atoms with Crippen LogP contribution < -0.4 is 10.9 Å². The van der Waals surface area contributed by atoms with Gasteiger partial charge in [-0.3, -0.25) is 14.5 Å². The van der Waals surface area contributed by atoms with Gasteiger partial charge in [0.25, 0.3) is 0 Å². The summed E-state index contributed by atoms with van der Waals surface area (Å²) < 4.78 is 22.9. The van der Waals surface area contributed by atoms with E-state index in [1.807, 2.05) is 16.7 Å². The van der Waals surface area contributed by atoms with Gasteiger partial charge < -0.3 is 15.5 Å². The third-order valence-corrected chi connectivity index (χ3v) is 7.79. The number of nitrogens with zero attached hydrogens (tertiary/aromatic N) is 4. The SMILES string of the molecule is CC(c1ccc(S(N)(=O)=O)cc1)N1C(=O)[C@@H]2C[C@H]1CN2CC(N)C(=O)N1CCCC1C#N. The van der Waals surface area contributed by atoms with Crippen LogP contribution in [0.15, 0.2) is 29.2 Å². The highest BCUT2D eigenvalue weighted by atomic mass is 32.2. The van der Waals surface area contributed by atoms with Crippen molar-refractivity contribution in [1.29, 1.82) is 5.26 Å². The number of rotatable bonds is 6. The Kier molecular flexibility index (Phi) is 5.98. The van der Waals surface area contributed by atoms with Gasteiger partial charge in [-0.25, -0.2) is 13.6 Å². The van der Waals surface area contributed by atoms with E-state index in [-0.39, 0.29) is 41.4 Å². The largest absolute Gasteiger partial charge is 0.330 e. The van der Waals surface area contributed by atoms with Crippen molar-refractivity contribution in [3.05, 3.63) is 29.8 Å². The van der Waals surface area contributed by atoms with Gasteiger partial charge >= 0.3 is 0 Å². The van der Waals surface area contributed by atoms with Crippen LogP contribution in [0.4, 0.5) is 0 Å². The number of piperazine rings is 1. The molecule has 4 N–H and O–H groups in total. The number of amides is 2. The minimum atomic E-state index is -3.77. The third-order valence-electron chi connectivity index (χ3n) is 6.86. The van der Waals surface area contributed by atoms with E-state index in [1.165, 1.54) is 12.1 Å². The van der Waals surface area contributed by atoms with Gasteiger partial charge in [-0.1, -0.05) is 12.1 Å². The first-order valence-corrected chi connectivity index (χ1v) is 12.3. The molecule has 0 spiro atoms. The molecule has 10 nitrogen and oxygen atoms in total. The van der Waals surface area contributed by atoms with Crippen LogP contribution in [-0.2, 0) is 19.6 Å². The number of nitrogens with two attached hydrogens (primary N) is 2. The highest BCUT2D eigenvalue weighted by molar-refractivity contribution is 7.89. The molecule has 5 atom stereocenters. The Morgan fingerprint density at radius 2 is 2.00 bits per heavy atom. The van der Waals surface area contributed by atoms with E-state index >= 15 is 0 Å². The van der Waals surface area contributed by atoms with E-state index in [1.54, 1.807) is 17.0 Å². The molecule has 2 bridgehead atoms. The number of nitriles is 1. The van der Waals surface area contributed by atoms with Crippen LogP contribution in [0.1, 0.15) is 37.8 Å². The number of carbonyl (C=O) groups excluding carboxylic acids is 2. The molecule has 3 unspecified atom stereocenters. The van der Waals surface area contributed by atoms with Crippen molar-refractivity contribution in [3.63, 3.8) is 0 Å². The fourth-order valence-corrected chi connectivity index (χ4v) is 5.72. The third kappa shape index (κ3) is 3.99. The molecule has 2 amide bonds. The maximum Gasteiger partial charge on any atom is 0.241 e. The van der Waals surface area contributed by atoms with Gasteiger partial charge in [0, 0.05) is 25.7 Å². The molecule has 172 valence electrons. The van der Waals surface area contributed by atoms with Crippen LogP contribution in [0.2, 0.25) is 0 Å². The Bertz CT molecular complexity index is 1050. The van der Waals surface area contributed by atoms with Crippen molar-refractivity contribution in [2.45, 2.75) is 61.3 Å². The fourth-order valence-electron chi connectivity index (χ4n) is 5.20. The number of sulfonamides is 1. The molecule has 32 heavy (non-hydrogen) atoms. The lowest BCUT2D eigenvalue weighted by atomic mass is 10.1. The van der Waals surface area contributed by atoms with Gasteiger partial charge in [-0.15, -0.1) is 0 Å². The molecule has 0 aliphatic carbocycles. The zero-order valence-electron chi connectivity index (χ0n) is 17.9. The molecule has 4 rings (SSSR count). The molecule has 0 aromatic heterocycles. The first-order chi connectivity index (χ1) is 15.1. The number of fused-ring (bicyclic) bond motifs is 2. The monoisotopic (exact) mass is 460 g/mol. The summed E-state index contributed by atoms with van der Waals surface area (Å²) >= 11 is 0. The van der Waals surface area contributed by atoms with E-state index in [0.29, 0.717) is 25.9 Å². The van der Waals surface area contributed by atoms with Crippen LogP contribution in [-0.4, -0.2) is 78.7 Å². The minimum Gasteiger partial charge on any atom is -0.330 e. The van der Waals surface area contributed by atoms with Gasteiger partial charge in [0.15, 0.2) is 0 Å². The second kappa shape index (κ2) is 8.44. The molecule has 0 radical (unpaired) electrons. The van der Waals surface area contributed by atoms with Crippen LogP contribution in [0.5, 0.6) is 0 Å². The van der Waals surface area contributed by atoms with Crippen molar-refractivity contribution < 1.29 is 18.0 Å². The zero-order chi connectivity index (χ0) is 23.2. The fraction of sp³-hybridized carbons (Fsp3) is 0.571. The van der Waals surface area contributed by atoms with Crippen LogP contribution >= 0.6 is 0 Å². The highest BCUT2D eigenvalue weighted by Crippen LogP contribution is 2.38. The van der Waals surface area contributed by atoms with Gasteiger partial charge in [-0.2, -0.15) is 5.26 Å². The number of benzene rings is 1. The Morgan fingerprint density at radius 1 is 1.31 bits per heavy atom. The summed E-state index contributed by atoms with van der Waals surface area (Å²) in [4.78, 5) is 31.2. The lowest BCUT2D eigenvalue weighted by Gasteiger charge is -2.38. The van der Waals surface area contributed by atoms with Gasteiger partial charge in [0.05, 0.1) is 29.1 Å². The Labute approximate surface area is 187 Å². The number of hydrogen-bond donors (Lipinski definition) is 2. The van der Waals surface area contributed by atoms with Gasteiger partial charge in [0.2, 0.25) is 21.8 Å². The number of hydrogen-bond acceptors (Lipinski definition) is 7. The van der Waals surface area contributed by atoms with Crippen LogP contribution in [0.25, 0.3) is 0 Å². The molecule has 3 saturated heterocycles. The van der Waals surface area contributed by atoms with Crippen molar-refractivity contribution in [2.24, 2.45) is 10.9 Å². The molecule has 1 aromatic rings. The summed E-state index contributed by atoms with van der Waals surface area (Å²) in [6, 6.07) is 6.69. The zero-order valence-corrected chi connectivity index (χ0v) is 18.7. The number of likely N-dealkylation sites (tertiary alicyclic amines) is 3. The lowest BCUT2D eigenvalue weighted by molar-refractivity contribution is -0.140. The first-order valence-electron chi connectivity index (χ1n) is 10.8. The smallest absolute Gasteiger partial charge is 0.241 e. The minimum absolute atomic E-state index is 0.00126. The molecular weight excluding hydrogens is 432 g/mol. The van der Waals surface area contributed by atoms with E-state index in [0.717, 1.165) is 12.0 Å². The van der Waals surface area contributed by atoms with Crippen molar-refractivity contribution in [1.82, 2.24) is 14.7 Å². The Morgan fingerprint density at radius 3 is 2.59 bits per heavy atom. The molecule has 3 aliphatic heterocycles. The standard InChI is InChI=1S/C21H28N6O4S/c1-13(14-4-6-17(7-5-14)32(24,30)31)27-16-9-19(21(27)29)25(11-16)12-18(23)20(28)26-8-2-3-15(26)10-22/h4-7,13,15-16,18-19H,2-3,8-9,11-12,23H2,1H3,(H2,24,30,31)/t13?,15?,16-,18?,19-/m0/s1. The molecule has 3 aliphatic rings. The highest BCUT2D eigenvalue weighted by Gasteiger charge is 2.51. The summed E-state index contributed by atoms with van der Waals surface area (Å²) in [5.41, 5.74) is 7.01. The summed E-state index contributed by atoms with van der Waals surface area (Å²) in [6.45, 7) is 3.37. The summed E-state index contributed by atoms with van der Waals surface area (Å²) in [5, 5.41) is 14.4. The topological polar surface area (TPSA) is 154 Å². The molecule has 0 saturated carbocycles. The second-order valence-corrected chi connectivity index (χ2v) is 10.4. The predicted octanol–water partition coefficient (Wildman–Crippen LogP) is -0.478. The van der Waals surface area contributed by atoms with E-state index in [9.17, 15) is 23.3 Å². The number of carbonyl (C=O) groups is 2. The summed E-state index contributed by atoms with van der Waals surface area (Å²) in [6.07, 6.45) is 2.14. The summed E-state index contributed by atoms with van der Waals surface area (Å²) in [7, 11) is -3.77. The van der Waals surface area contributed by atoms with E-state index < -0.39 is 22.1 Å². The lowest BCUT2D eigenvalue weighted by Crippen LogP contribution is -2.56. The Hall–Kier alpha value is -2.52. The molecular formula is C21H28N6O4S. The average Bonchev–Trinajstić information content (AvgIpc) is 3.46. The van der Waals surface area contributed by atoms with Crippen LogP contribution in [0.3, 0.4) is 0 Å². The maximum absolute atomic E-state index is 13.1. The predicted molar refractivity (Wildman–Crippen MR) is 115 cm³/mol. The Balaban J connectivity index is 1.40. The molecule has 1 aromatic carbocycles. The van der Waals surface area contributed by atoms with E-state index in [2.05, 4.69) is 6.07 Å². The quantitative estimate of drug-likeness (QED) is 0.581. The van der Waals surface area contributed by atoms with Gasteiger partial charge in [0.1, 0.15) is 6.04 Å². The van der Waals surface area contributed by atoms with Gasteiger partial charge in [-0.05, 0) is 43.9 Å². The first kappa shape index (κ1) is 22.7. The normalized spacial score (nSPS) is 27.6. The van der Waals surface area contributed by atoms with Crippen molar-refractivity contribution in [3.8, 4) is 6.07 Å². The summed E-state index contributed by atoms with van der Waals surface area (Å²) in [5.74, 6) is -0.246. The van der Waals surface area contributed by atoms with E-state index in [4.69, 9.17) is 10.9 Å². The average molecular weight is 461 g/mol. The molecule has 3 heterocycles. The van der Waals surface area contributed by atoms with Crippen molar-refractivity contribution >= 4 is 21.8 Å². The number of primary sulfonamides is 1. The maximum atomic E-state index is 13.1.